The lowest BCUT2D eigenvalue weighted by Gasteiger charge is -2.32. The number of para-hydroxylation sites is 1. The van der Waals surface area contributed by atoms with Crippen molar-refractivity contribution in [3.8, 4) is 11.1 Å². The Morgan fingerprint density at radius 2 is 1.40 bits per heavy atom. The van der Waals surface area contributed by atoms with Crippen LogP contribution in [-0.4, -0.2) is 22.9 Å². The van der Waals surface area contributed by atoms with Gasteiger partial charge in [0.2, 0.25) is 0 Å². The van der Waals surface area contributed by atoms with Gasteiger partial charge in [-0.05, 0) is 98.1 Å². The zero-order valence-electron chi connectivity index (χ0n) is 25.1. The lowest BCUT2D eigenvalue weighted by atomic mass is 9.76. The first-order valence-corrected chi connectivity index (χ1v) is 15.1. The van der Waals surface area contributed by atoms with Gasteiger partial charge in [0.25, 0.3) is 0 Å². The highest BCUT2D eigenvalue weighted by Crippen LogP contribution is 2.52. The predicted molar refractivity (Wildman–Crippen MR) is 176 cm³/mol. The molecule has 3 aliphatic rings. The molecular formula is C38H36BNO2. The fourth-order valence-electron chi connectivity index (χ4n) is 7.18. The summed E-state index contributed by atoms with van der Waals surface area (Å²) in [6.07, 6.45) is 7.05. The molecule has 0 N–H and O–H groups in total. The van der Waals surface area contributed by atoms with E-state index >= 15 is 0 Å². The number of aromatic nitrogens is 1. The van der Waals surface area contributed by atoms with E-state index < -0.39 is 0 Å². The van der Waals surface area contributed by atoms with Crippen molar-refractivity contribution in [2.45, 2.75) is 58.7 Å². The van der Waals surface area contributed by atoms with E-state index in [1.54, 1.807) is 0 Å². The topological polar surface area (TPSA) is 23.4 Å². The first-order valence-electron chi connectivity index (χ1n) is 15.1. The van der Waals surface area contributed by atoms with Gasteiger partial charge >= 0.3 is 7.12 Å². The molecule has 1 unspecified atom stereocenters. The molecule has 1 fully saturated rings. The molecule has 208 valence electrons. The predicted octanol–water partition coefficient (Wildman–Crippen LogP) is 8.65. The van der Waals surface area contributed by atoms with Crippen molar-refractivity contribution in [3.05, 3.63) is 114 Å². The van der Waals surface area contributed by atoms with Gasteiger partial charge in [0.15, 0.2) is 0 Å². The molecule has 4 aromatic carbocycles. The van der Waals surface area contributed by atoms with Gasteiger partial charge in [-0.15, -0.1) is 0 Å². The molecule has 0 amide bonds. The second-order valence-corrected chi connectivity index (χ2v) is 13.6. The summed E-state index contributed by atoms with van der Waals surface area (Å²) < 4.78 is 15.2. The number of nitrogens with zero attached hydrogens (tertiary/aromatic N) is 1. The van der Waals surface area contributed by atoms with E-state index in [1.165, 1.54) is 55.3 Å². The molecular weight excluding hydrogens is 513 g/mol. The van der Waals surface area contributed by atoms with Crippen LogP contribution in [0.15, 0.2) is 103 Å². The molecule has 0 bridgehead atoms. The van der Waals surface area contributed by atoms with E-state index in [1.807, 2.05) is 0 Å². The third-order valence-electron chi connectivity index (χ3n) is 10.3. The molecule has 1 saturated heterocycles. The molecule has 4 heteroatoms. The fourth-order valence-corrected chi connectivity index (χ4v) is 7.18. The van der Waals surface area contributed by atoms with Crippen LogP contribution >= 0.6 is 0 Å². The van der Waals surface area contributed by atoms with Crippen LogP contribution in [-0.2, 0) is 15.7 Å². The first kappa shape index (κ1) is 25.8. The Bertz CT molecular complexity index is 1960. The Hall–Kier alpha value is -3.86. The molecule has 1 atom stereocenters. The number of rotatable bonds is 3. The Balaban J connectivity index is 1.23. The van der Waals surface area contributed by atoms with E-state index in [-0.39, 0.29) is 23.7 Å². The summed E-state index contributed by atoms with van der Waals surface area (Å²) in [6, 6.07) is 33.3. The van der Waals surface area contributed by atoms with Crippen LogP contribution in [0, 0.1) is 5.41 Å². The number of hydrogen-bond donors (Lipinski definition) is 0. The summed E-state index contributed by atoms with van der Waals surface area (Å²) in [5, 5.41) is 2.54. The Morgan fingerprint density at radius 3 is 2.24 bits per heavy atom. The second kappa shape index (κ2) is 8.83. The largest absolute Gasteiger partial charge is 0.494 e. The number of benzene rings is 4. The molecule has 8 rings (SSSR count). The van der Waals surface area contributed by atoms with Crippen molar-refractivity contribution in [3.63, 3.8) is 0 Å². The Kier molecular flexibility index (Phi) is 5.43. The quantitative estimate of drug-likeness (QED) is 0.210. The summed E-state index contributed by atoms with van der Waals surface area (Å²) in [7, 11) is -0.377. The van der Waals surface area contributed by atoms with Gasteiger partial charge in [0.1, 0.15) is 0 Å². The molecule has 2 heterocycles. The van der Waals surface area contributed by atoms with Gasteiger partial charge < -0.3 is 13.9 Å². The van der Waals surface area contributed by atoms with Gasteiger partial charge in [-0.25, -0.2) is 0 Å². The molecule has 0 radical (unpaired) electrons. The fraction of sp³-hybridized carbons (Fsp3) is 0.263. The zero-order chi connectivity index (χ0) is 28.9. The highest BCUT2D eigenvalue weighted by molar-refractivity contribution is 6.62. The number of hydrogen-bond acceptors (Lipinski definition) is 2. The molecule has 1 aromatic heterocycles. The van der Waals surface area contributed by atoms with Crippen molar-refractivity contribution in [2.24, 2.45) is 5.41 Å². The average Bonchev–Trinajstić information content (AvgIpc) is 3.55. The molecule has 2 aliphatic carbocycles. The summed E-state index contributed by atoms with van der Waals surface area (Å²) in [5.74, 6) is 0. The van der Waals surface area contributed by atoms with Crippen molar-refractivity contribution >= 4 is 45.7 Å². The van der Waals surface area contributed by atoms with Crippen LogP contribution in [0.3, 0.4) is 0 Å². The minimum Gasteiger partial charge on any atom is -0.399 e. The first-order chi connectivity index (χ1) is 20.1. The molecule has 0 saturated carbocycles. The standard InChI is InChI=1S/C38H36BNO2/c1-36(2)37(3,4)42-39(41-36)28-13-10-12-25(21-28)26-17-18-35-32(22-26)31-15-8-9-16-34(31)40(35)29-19-20-38(5)24-27-11-6-7-14-30(27)33(38)23-29/h6-19,21-23H,20,24H2,1-5H3. The van der Waals surface area contributed by atoms with Crippen LogP contribution in [0.25, 0.3) is 44.2 Å². The van der Waals surface area contributed by atoms with Crippen molar-refractivity contribution in [2.75, 3.05) is 0 Å². The minimum absolute atomic E-state index is 0.168. The maximum atomic E-state index is 6.36. The summed E-state index contributed by atoms with van der Waals surface area (Å²) >= 11 is 0. The third kappa shape index (κ3) is 3.75. The SMILES string of the molecule is CC12CC=C(n3c4ccccc4c4cc(-c5cccc(B6OC(C)(C)C(C)(C)O6)c5)ccc43)C=C1c1ccccc1C2. The number of allylic oxidation sites excluding steroid dienone is 4. The smallest absolute Gasteiger partial charge is 0.399 e. The van der Waals surface area contributed by atoms with Crippen molar-refractivity contribution < 1.29 is 9.31 Å². The van der Waals surface area contributed by atoms with Gasteiger partial charge in [-0.3, -0.25) is 0 Å². The maximum Gasteiger partial charge on any atom is 0.494 e. The normalized spacial score (nSPS) is 22.3. The zero-order valence-corrected chi connectivity index (χ0v) is 25.1. The van der Waals surface area contributed by atoms with Crippen LogP contribution in [0.2, 0.25) is 0 Å². The van der Waals surface area contributed by atoms with E-state index in [4.69, 9.17) is 9.31 Å². The van der Waals surface area contributed by atoms with Crippen LogP contribution in [0.1, 0.15) is 52.2 Å². The van der Waals surface area contributed by atoms with E-state index in [9.17, 15) is 0 Å². The third-order valence-corrected chi connectivity index (χ3v) is 10.3. The average molecular weight is 550 g/mol. The lowest BCUT2D eigenvalue weighted by Crippen LogP contribution is -2.41. The van der Waals surface area contributed by atoms with E-state index in [0.717, 1.165) is 18.3 Å². The van der Waals surface area contributed by atoms with E-state index in [0.29, 0.717) is 0 Å². The maximum absolute atomic E-state index is 6.36. The highest BCUT2D eigenvalue weighted by atomic mass is 16.7. The summed E-state index contributed by atoms with van der Waals surface area (Å²) in [5.41, 5.74) is 10.9. The molecule has 0 spiro atoms. The molecule has 1 aliphatic heterocycles. The van der Waals surface area contributed by atoms with Crippen LogP contribution < -0.4 is 5.46 Å². The summed E-state index contributed by atoms with van der Waals surface area (Å²) in [6.45, 7) is 10.8. The van der Waals surface area contributed by atoms with Crippen LogP contribution in [0.5, 0.6) is 0 Å². The number of fused-ring (bicyclic) bond motifs is 6. The van der Waals surface area contributed by atoms with Gasteiger partial charge in [0, 0.05) is 21.9 Å². The monoisotopic (exact) mass is 549 g/mol. The van der Waals surface area contributed by atoms with Crippen molar-refractivity contribution in [1.82, 2.24) is 4.57 Å². The van der Waals surface area contributed by atoms with Gasteiger partial charge in [-0.2, -0.15) is 0 Å². The van der Waals surface area contributed by atoms with Crippen LogP contribution in [0.4, 0.5) is 0 Å². The van der Waals surface area contributed by atoms with Gasteiger partial charge in [-0.1, -0.05) is 85.8 Å². The second-order valence-electron chi connectivity index (χ2n) is 13.6. The lowest BCUT2D eigenvalue weighted by molar-refractivity contribution is 0.00578. The summed E-state index contributed by atoms with van der Waals surface area (Å²) in [4.78, 5) is 0. The van der Waals surface area contributed by atoms with E-state index in [2.05, 4.69) is 142 Å². The molecule has 42 heavy (non-hydrogen) atoms. The highest BCUT2D eigenvalue weighted by Gasteiger charge is 2.51. The minimum atomic E-state index is -0.377. The van der Waals surface area contributed by atoms with Gasteiger partial charge in [0.05, 0.1) is 22.2 Å². The molecule has 5 aromatic rings. The van der Waals surface area contributed by atoms with Crippen molar-refractivity contribution in [1.29, 1.82) is 0 Å². The Labute approximate surface area is 248 Å². The Morgan fingerprint density at radius 1 is 0.690 bits per heavy atom. The molecule has 3 nitrogen and oxygen atoms in total.